The first kappa shape index (κ1) is 18.3. The van der Waals surface area contributed by atoms with Gasteiger partial charge in [-0.3, -0.25) is 9.69 Å². The van der Waals surface area contributed by atoms with Crippen LogP contribution in [-0.4, -0.2) is 47.8 Å². The van der Waals surface area contributed by atoms with Gasteiger partial charge in [-0.1, -0.05) is 0 Å². The number of hydrogen-bond donors (Lipinski definition) is 2. The van der Waals surface area contributed by atoms with Crippen molar-refractivity contribution in [1.82, 2.24) is 4.90 Å². The van der Waals surface area contributed by atoms with E-state index in [0.717, 1.165) is 0 Å². The molecule has 0 aliphatic heterocycles. The second-order valence-corrected chi connectivity index (χ2v) is 5.32. The fourth-order valence-electron chi connectivity index (χ4n) is 1.90. The van der Waals surface area contributed by atoms with Crippen LogP contribution < -0.4 is 10.1 Å². The predicted molar refractivity (Wildman–Crippen MR) is 80.1 cm³/mol. The van der Waals surface area contributed by atoms with Crippen molar-refractivity contribution in [3.8, 4) is 5.75 Å². The molecule has 1 amide bonds. The van der Waals surface area contributed by atoms with Crippen LogP contribution in [0.15, 0.2) is 24.3 Å². The minimum Gasteiger partial charge on any atom is -0.435 e. The number of amides is 1. The van der Waals surface area contributed by atoms with Gasteiger partial charge >= 0.3 is 6.61 Å². The van der Waals surface area contributed by atoms with E-state index in [0.29, 0.717) is 12.2 Å². The molecule has 2 N–H and O–H groups in total. The van der Waals surface area contributed by atoms with Gasteiger partial charge in [0, 0.05) is 18.3 Å². The van der Waals surface area contributed by atoms with Crippen LogP contribution in [0.5, 0.6) is 5.75 Å². The molecule has 0 saturated heterocycles. The van der Waals surface area contributed by atoms with Crippen molar-refractivity contribution < 1.29 is 23.4 Å². The minimum absolute atomic E-state index is 0.0333. The van der Waals surface area contributed by atoms with Gasteiger partial charge in [0.2, 0.25) is 5.91 Å². The van der Waals surface area contributed by atoms with Gasteiger partial charge in [0.05, 0.1) is 12.6 Å². The minimum atomic E-state index is -2.87. The summed E-state index contributed by atoms with van der Waals surface area (Å²) < 4.78 is 28.3. The highest BCUT2D eigenvalue weighted by Crippen LogP contribution is 2.17. The number of carbonyl (C=O) groups is 1. The van der Waals surface area contributed by atoms with E-state index in [1.54, 1.807) is 6.92 Å². The van der Waals surface area contributed by atoms with Crippen LogP contribution in [-0.2, 0) is 4.79 Å². The largest absolute Gasteiger partial charge is 0.435 e. The molecule has 0 aliphatic rings. The second-order valence-electron chi connectivity index (χ2n) is 5.32. The summed E-state index contributed by atoms with van der Waals surface area (Å²) in [5.74, 6) is -0.206. The van der Waals surface area contributed by atoms with Gasteiger partial charge in [0.25, 0.3) is 0 Å². The Hall–Kier alpha value is -1.73. The van der Waals surface area contributed by atoms with Crippen molar-refractivity contribution in [3.63, 3.8) is 0 Å². The molecule has 0 bridgehead atoms. The number of hydrogen-bond acceptors (Lipinski definition) is 4. The summed E-state index contributed by atoms with van der Waals surface area (Å²) in [6, 6.07) is 5.81. The number of nitrogens with zero attached hydrogens (tertiary/aromatic N) is 1. The Balaban J connectivity index is 2.56. The van der Waals surface area contributed by atoms with Crippen molar-refractivity contribution in [1.29, 1.82) is 0 Å². The number of carbonyl (C=O) groups excluding carboxylic acids is 1. The maximum Gasteiger partial charge on any atom is 0.387 e. The number of benzene rings is 1. The fraction of sp³-hybridized carbons (Fsp3) is 0.533. The van der Waals surface area contributed by atoms with Crippen LogP contribution in [0.25, 0.3) is 0 Å². The van der Waals surface area contributed by atoms with Gasteiger partial charge in [-0.05, 0) is 45.0 Å². The first-order chi connectivity index (χ1) is 10.3. The van der Waals surface area contributed by atoms with E-state index in [9.17, 15) is 18.7 Å². The summed E-state index contributed by atoms with van der Waals surface area (Å²) >= 11 is 0. The zero-order chi connectivity index (χ0) is 16.7. The van der Waals surface area contributed by atoms with Gasteiger partial charge in [-0.25, -0.2) is 0 Å². The van der Waals surface area contributed by atoms with Gasteiger partial charge in [-0.15, -0.1) is 0 Å². The second kappa shape index (κ2) is 8.65. The van der Waals surface area contributed by atoms with E-state index in [1.807, 2.05) is 18.7 Å². The van der Waals surface area contributed by atoms with Crippen LogP contribution in [0.2, 0.25) is 0 Å². The molecular weight excluding hydrogens is 294 g/mol. The average molecular weight is 316 g/mol. The molecule has 22 heavy (non-hydrogen) atoms. The highest BCUT2D eigenvalue weighted by Gasteiger charge is 2.16. The monoisotopic (exact) mass is 316 g/mol. The Morgan fingerprint density at radius 2 is 1.86 bits per heavy atom. The Bertz CT molecular complexity index is 464. The molecule has 1 aromatic carbocycles. The molecule has 0 spiro atoms. The maximum atomic E-state index is 12.0. The Morgan fingerprint density at radius 3 is 2.32 bits per heavy atom. The van der Waals surface area contributed by atoms with Crippen LogP contribution >= 0.6 is 0 Å². The highest BCUT2D eigenvalue weighted by atomic mass is 19.3. The number of aliphatic hydroxyl groups is 1. The van der Waals surface area contributed by atoms with Crippen molar-refractivity contribution in [3.05, 3.63) is 24.3 Å². The lowest BCUT2D eigenvalue weighted by atomic mass is 10.2. The van der Waals surface area contributed by atoms with E-state index in [4.69, 9.17) is 0 Å². The van der Waals surface area contributed by atoms with Gasteiger partial charge in [-0.2, -0.15) is 8.78 Å². The standard InChI is InChI=1S/C15H22F2N2O3/c1-10(2)19(8-11(3)20)9-14(21)18-12-4-6-13(7-5-12)22-15(16)17/h4-7,10-11,15,20H,8-9H2,1-3H3,(H,18,21). The zero-order valence-electron chi connectivity index (χ0n) is 12.9. The fourth-order valence-corrected chi connectivity index (χ4v) is 1.90. The lowest BCUT2D eigenvalue weighted by Gasteiger charge is -2.26. The number of anilines is 1. The van der Waals surface area contributed by atoms with Crippen molar-refractivity contribution in [2.45, 2.75) is 39.5 Å². The van der Waals surface area contributed by atoms with Gasteiger partial charge in [0.15, 0.2) is 0 Å². The van der Waals surface area contributed by atoms with E-state index in [2.05, 4.69) is 10.1 Å². The van der Waals surface area contributed by atoms with Crippen molar-refractivity contribution in [2.75, 3.05) is 18.4 Å². The molecule has 0 heterocycles. The van der Waals surface area contributed by atoms with Crippen LogP contribution in [0.3, 0.4) is 0 Å². The molecule has 0 radical (unpaired) electrons. The average Bonchev–Trinajstić information content (AvgIpc) is 2.39. The summed E-state index contributed by atoms with van der Waals surface area (Å²) in [6.45, 7) is 3.19. The quantitative estimate of drug-likeness (QED) is 0.773. The number of ether oxygens (including phenoxy) is 1. The maximum absolute atomic E-state index is 12.0. The summed E-state index contributed by atoms with van der Waals surface area (Å²) in [4.78, 5) is 13.8. The van der Waals surface area contributed by atoms with E-state index >= 15 is 0 Å². The lowest BCUT2D eigenvalue weighted by Crippen LogP contribution is -2.41. The van der Waals surface area contributed by atoms with E-state index in [1.165, 1.54) is 24.3 Å². The molecule has 1 atom stereocenters. The Kier molecular flexibility index (Phi) is 7.20. The van der Waals surface area contributed by atoms with Gasteiger partial charge < -0.3 is 15.2 Å². The molecule has 7 heteroatoms. The molecule has 124 valence electrons. The molecule has 0 aliphatic carbocycles. The number of alkyl halides is 2. The third-order valence-corrected chi connectivity index (χ3v) is 2.94. The molecule has 1 unspecified atom stereocenters. The first-order valence-electron chi connectivity index (χ1n) is 7.04. The van der Waals surface area contributed by atoms with Crippen LogP contribution in [0.1, 0.15) is 20.8 Å². The Morgan fingerprint density at radius 1 is 1.27 bits per heavy atom. The molecule has 0 fully saturated rings. The molecule has 5 nitrogen and oxygen atoms in total. The smallest absolute Gasteiger partial charge is 0.387 e. The van der Waals surface area contributed by atoms with Crippen molar-refractivity contribution >= 4 is 11.6 Å². The SMILES string of the molecule is CC(O)CN(CC(=O)Nc1ccc(OC(F)F)cc1)C(C)C. The number of aliphatic hydroxyl groups excluding tert-OH is 1. The number of rotatable bonds is 8. The third kappa shape index (κ3) is 6.82. The third-order valence-electron chi connectivity index (χ3n) is 2.94. The van der Waals surface area contributed by atoms with E-state index < -0.39 is 12.7 Å². The van der Waals surface area contributed by atoms with Crippen LogP contribution in [0, 0.1) is 0 Å². The topological polar surface area (TPSA) is 61.8 Å². The predicted octanol–water partition coefficient (Wildman–Crippen LogP) is 2.32. The summed E-state index contributed by atoms with van der Waals surface area (Å²) in [6.07, 6.45) is -0.527. The highest BCUT2D eigenvalue weighted by molar-refractivity contribution is 5.92. The normalized spacial score (nSPS) is 12.8. The summed E-state index contributed by atoms with van der Waals surface area (Å²) in [5.41, 5.74) is 0.493. The molecule has 1 aromatic rings. The first-order valence-corrected chi connectivity index (χ1v) is 7.04. The summed E-state index contributed by atoms with van der Waals surface area (Å²) in [7, 11) is 0. The molecule has 0 aromatic heterocycles. The van der Waals surface area contributed by atoms with Gasteiger partial charge in [0.1, 0.15) is 5.75 Å². The van der Waals surface area contributed by atoms with Crippen LogP contribution in [0.4, 0.5) is 14.5 Å². The zero-order valence-corrected chi connectivity index (χ0v) is 12.9. The van der Waals surface area contributed by atoms with Crippen molar-refractivity contribution in [2.24, 2.45) is 0 Å². The molecule has 1 rings (SSSR count). The summed E-state index contributed by atoms with van der Waals surface area (Å²) in [5, 5.41) is 12.1. The molecular formula is C15H22F2N2O3. The van der Waals surface area contributed by atoms with E-state index in [-0.39, 0.29) is 24.2 Å². The molecule has 0 saturated carbocycles. The number of halogens is 2. The Labute approximate surface area is 128 Å². The lowest BCUT2D eigenvalue weighted by molar-refractivity contribution is -0.118. The number of nitrogens with one attached hydrogen (secondary N) is 1.